The van der Waals surface area contributed by atoms with Crippen LogP contribution in [-0.4, -0.2) is 52.6 Å². The summed E-state index contributed by atoms with van der Waals surface area (Å²) in [7, 11) is 0. The van der Waals surface area contributed by atoms with Crippen molar-refractivity contribution in [2.75, 3.05) is 31.2 Å². The molecule has 2 rings (SSSR count). The molecule has 1 heterocycles. The molecule has 0 spiro atoms. The highest BCUT2D eigenvalue weighted by atomic mass is 16.4. The summed E-state index contributed by atoms with van der Waals surface area (Å²) in [6.45, 7) is 0.349. The summed E-state index contributed by atoms with van der Waals surface area (Å²) in [5.74, 6) is -0.645. The Bertz CT molecular complexity index is 609. The van der Waals surface area contributed by atoms with Crippen molar-refractivity contribution in [2.45, 2.75) is 0 Å². The van der Waals surface area contributed by atoms with Crippen molar-refractivity contribution in [3.63, 3.8) is 0 Å². The lowest BCUT2D eigenvalue weighted by atomic mass is 10.1. The molecule has 1 aromatic carbocycles. The molecule has 20 heavy (non-hydrogen) atoms. The van der Waals surface area contributed by atoms with Crippen LogP contribution in [0, 0.1) is 0 Å². The first-order valence-electron chi connectivity index (χ1n) is 6.27. The van der Waals surface area contributed by atoms with Crippen LogP contribution in [0.15, 0.2) is 30.3 Å². The average Bonchev–Trinajstić information content (AvgIpc) is 2.46. The second-order valence-electron chi connectivity index (χ2n) is 4.29. The zero-order valence-corrected chi connectivity index (χ0v) is 10.9. The Balaban J connectivity index is 2.61. The van der Waals surface area contributed by atoms with Gasteiger partial charge in [0.25, 0.3) is 0 Å². The Kier molecular flexibility index (Phi) is 4.49. The van der Waals surface area contributed by atoms with Gasteiger partial charge in [0.05, 0.1) is 13.2 Å². The third kappa shape index (κ3) is 2.87. The van der Waals surface area contributed by atoms with Gasteiger partial charge in [-0.15, -0.1) is 0 Å². The van der Waals surface area contributed by atoms with Crippen LogP contribution in [0.5, 0.6) is 0 Å². The van der Waals surface area contributed by atoms with Gasteiger partial charge < -0.3 is 20.2 Å². The van der Waals surface area contributed by atoms with Crippen molar-refractivity contribution < 1.29 is 20.1 Å². The van der Waals surface area contributed by atoms with E-state index >= 15 is 0 Å². The van der Waals surface area contributed by atoms with Crippen molar-refractivity contribution in [1.29, 1.82) is 0 Å². The summed E-state index contributed by atoms with van der Waals surface area (Å²) in [5, 5.41) is 28.9. The minimum absolute atomic E-state index is 0.0559. The van der Waals surface area contributed by atoms with Gasteiger partial charge in [-0.1, -0.05) is 24.3 Å². The van der Waals surface area contributed by atoms with Gasteiger partial charge in [-0.05, 0) is 11.5 Å². The number of nitrogens with zero attached hydrogens (tertiary/aromatic N) is 2. The molecule has 3 N–H and O–H groups in total. The third-order valence-corrected chi connectivity index (χ3v) is 2.98. The molecule has 106 valence electrons. The monoisotopic (exact) mass is 276 g/mol. The zero-order chi connectivity index (χ0) is 14.5. The predicted molar refractivity (Wildman–Crippen MR) is 75.1 cm³/mol. The summed E-state index contributed by atoms with van der Waals surface area (Å²) in [4.78, 5) is 17.0. The largest absolute Gasteiger partial charge is 0.477 e. The smallest absolute Gasteiger partial charge is 0.354 e. The van der Waals surface area contributed by atoms with E-state index in [1.165, 1.54) is 6.07 Å². The summed E-state index contributed by atoms with van der Waals surface area (Å²) < 4.78 is 0. The first-order chi connectivity index (χ1) is 9.67. The Labute approximate surface area is 115 Å². The topological polar surface area (TPSA) is 93.9 Å². The third-order valence-electron chi connectivity index (χ3n) is 2.98. The molecule has 0 unspecified atom stereocenters. The maximum atomic E-state index is 11.2. The molecule has 0 atom stereocenters. The Hall–Kier alpha value is -2.18. The molecule has 0 aliphatic heterocycles. The van der Waals surface area contributed by atoms with Gasteiger partial charge in [-0.3, -0.25) is 0 Å². The van der Waals surface area contributed by atoms with Crippen LogP contribution in [0.25, 0.3) is 10.8 Å². The lowest BCUT2D eigenvalue weighted by Gasteiger charge is -2.23. The van der Waals surface area contributed by atoms with Crippen molar-refractivity contribution in [3.05, 3.63) is 36.0 Å². The van der Waals surface area contributed by atoms with Crippen molar-refractivity contribution in [3.8, 4) is 0 Å². The summed E-state index contributed by atoms with van der Waals surface area (Å²) >= 11 is 0. The SMILES string of the molecule is O=C(O)c1cc2ccccc2c(N(CCO)CCO)n1. The molecular weight excluding hydrogens is 260 g/mol. The van der Waals surface area contributed by atoms with E-state index in [9.17, 15) is 4.79 Å². The first kappa shape index (κ1) is 14.2. The molecule has 0 fully saturated rings. The van der Waals surface area contributed by atoms with Crippen LogP contribution < -0.4 is 4.90 Å². The van der Waals surface area contributed by atoms with Crippen LogP contribution in [-0.2, 0) is 0 Å². The summed E-state index contributed by atoms with van der Waals surface area (Å²) in [5.41, 5.74) is -0.0559. The molecule has 0 aliphatic carbocycles. The van der Waals surface area contributed by atoms with E-state index in [4.69, 9.17) is 15.3 Å². The summed E-state index contributed by atoms with van der Waals surface area (Å²) in [6.07, 6.45) is 0. The second kappa shape index (κ2) is 6.31. The van der Waals surface area contributed by atoms with Gasteiger partial charge in [0.2, 0.25) is 0 Å². The first-order valence-corrected chi connectivity index (χ1v) is 6.27. The lowest BCUT2D eigenvalue weighted by Crippen LogP contribution is -2.31. The van der Waals surface area contributed by atoms with Crippen LogP contribution >= 0.6 is 0 Å². The highest BCUT2D eigenvalue weighted by Crippen LogP contribution is 2.25. The molecule has 6 heteroatoms. The van der Waals surface area contributed by atoms with Crippen molar-refractivity contribution in [2.24, 2.45) is 0 Å². The van der Waals surface area contributed by atoms with Crippen molar-refractivity contribution in [1.82, 2.24) is 4.98 Å². The molecule has 0 bridgehead atoms. The maximum absolute atomic E-state index is 11.2. The fraction of sp³-hybridized carbons (Fsp3) is 0.286. The Morgan fingerprint density at radius 1 is 1.15 bits per heavy atom. The number of aliphatic hydroxyl groups excluding tert-OH is 2. The van der Waals surface area contributed by atoms with E-state index in [0.717, 1.165) is 10.8 Å². The number of pyridine rings is 1. The molecular formula is C14H16N2O4. The molecule has 6 nitrogen and oxygen atoms in total. The minimum Gasteiger partial charge on any atom is -0.477 e. The molecule has 0 saturated heterocycles. The number of carboxylic acids is 1. The van der Waals surface area contributed by atoms with E-state index in [1.54, 1.807) is 4.90 Å². The quantitative estimate of drug-likeness (QED) is 0.720. The number of aromatic nitrogens is 1. The number of rotatable bonds is 6. The number of fused-ring (bicyclic) bond motifs is 1. The fourth-order valence-corrected chi connectivity index (χ4v) is 2.10. The molecule has 0 saturated carbocycles. The molecule has 2 aromatic rings. The van der Waals surface area contributed by atoms with Crippen molar-refractivity contribution >= 4 is 22.6 Å². The van der Waals surface area contributed by atoms with E-state index in [1.807, 2.05) is 24.3 Å². The number of anilines is 1. The van der Waals surface area contributed by atoms with Crippen LogP contribution in [0.2, 0.25) is 0 Å². The number of aliphatic hydroxyl groups is 2. The normalized spacial score (nSPS) is 10.7. The highest BCUT2D eigenvalue weighted by Gasteiger charge is 2.15. The Morgan fingerprint density at radius 2 is 1.80 bits per heavy atom. The van der Waals surface area contributed by atoms with Gasteiger partial charge >= 0.3 is 5.97 Å². The van der Waals surface area contributed by atoms with Crippen LogP contribution in [0.1, 0.15) is 10.5 Å². The summed E-state index contributed by atoms with van der Waals surface area (Å²) in [6, 6.07) is 8.81. The van der Waals surface area contributed by atoms with Gasteiger partial charge in [0, 0.05) is 18.5 Å². The maximum Gasteiger partial charge on any atom is 0.354 e. The molecule has 0 radical (unpaired) electrons. The minimum atomic E-state index is -1.11. The number of carboxylic acid groups (broad SMARTS) is 1. The Morgan fingerprint density at radius 3 is 2.40 bits per heavy atom. The van der Waals surface area contributed by atoms with Gasteiger partial charge in [0.1, 0.15) is 5.82 Å². The number of hydrogen-bond donors (Lipinski definition) is 3. The standard InChI is InChI=1S/C14H16N2O4/c17-7-5-16(6-8-18)13-11-4-2-1-3-10(11)9-12(15-13)14(19)20/h1-4,9,17-18H,5-8H2,(H,19,20). The zero-order valence-electron chi connectivity index (χ0n) is 10.9. The fourth-order valence-electron chi connectivity index (χ4n) is 2.10. The van der Waals surface area contributed by atoms with Gasteiger partial charge in [-0.25, -0.2) is 9.78 Å². The average molecular weight is 276 g/mol. The number of hydrogen-bond acceptors (Lipinski definition) is 5. The number of aromatic carboxylic acids is 1. The van der Waals surface area contributed by atoms with Crippen LogP contribution in [0.4, 0.5) is 5.82 Å². The van der Waals surface area contributed by atoms with Crippen LogP contribution in [0.3, 0.4) is 0 Å². The van der Waals surface area contributed by atoms with Gasteiger partial charge in [-0.2, -0.15) is 0 Å². The molecule has 0 aliphatic rings. The number of carbonyl (C=O) groups is 1. The van der Waals surface area contributed by atoms with Gasteiger partial charge in [0.15, 0.2) is 5.69 Å². The number of benzene rings is 1. The van der Waals surface area contributed by atoms with E-state index in [2.05, 4.69) is 4.98 Å². The molecule has 1 aromatic heterocycles. The van der Waals surface area contributed by atoms with E-state index < -0.39 is 5.97 Å². The second-order valence-corrected chi connectivity index (χ2v) is 4.29. The highest BCUT2D eigenvalue weighted by molar-refractivity contribution is 5.98. The lowest BCUT2D eigenvalue weighted by molar-refractivity contribution is 0.0691. The van der Waals surface area contributed by atoms with E-state index in [-0.39, 0.29) is 32.0 Å². The predicted octanol–water partition coefficient (Wildman–Crippen LogP) is 0.724. The molecule has 0 amide bonds. The van der Waals surface area contributed by atoms with E-state index in [0.29, 0.717) is 5.82 Å².